The lowest BCUT2D eigenvalue weighted by Gasteiger charge is -2.37. The second kappa shape index (κ2) is 12.8. The van der Waals surface area contributed by atoms with Gasteiger partial charge in [0.2, 0.25) is 17.7 Å². The van der Waals surface area contributed by atoms with E-state index in [4.69, 9.17) is 10.5 Å². The number of rotatable bonds is 10. The number of carbonyl (C=O) groups excluding carboxylic acids is 4. The van der Waals surface area contributed by atoms with Crippen LogP contribution in [0.15, 0.2) is 18.2 Å². The molecule has 4 unspecified atom stereocenters. The van der Waals surface area contributed by atoms with E-state index < -0.39 is 35.6 Å². The van der Waals surface area contributed by atoms with Gasteiger partial charge in [-0.3, -0.25) is 14.4 Å². The van der Waals surface area contributed by atoms with E-state index in [-0.39, 0.29) is 36.8 Å². The minimum Gasteiger partial charge on any atom is -0.444 e. The maximum absolute atomic E-state index is 14.3. The van der Waals surface area contributed by atoms with Crippen molar-refractivity contribution in [3.8, 4) is 0 Å². The van der Waals surface area contributed by atoms with E-state index >= 15 is 0 Å². The lowest BCUT2D eigenvalue weighted by atomic mass is 9.92. The second-order valence-corrected chi connectivity index (χ2v) is 12.3. The maximum Gasteiger partial charge on any atom is 0.408 e. The van der Waals surface area contributed by atoms with Gasteiger partial charge in [-0.25, -0.2) is 4.79 Å². The molecule has 2 aliphatic carbocycles. The van der Waals surface area contributed by atoms with E-state index in [1.54, 1.807) is 25.7 Å². The number of nitrogens with two attached hydrogens (primary N) is 1. The Bertz CT molecular complexity index is 1060. The first-order valence-electron chi connectivity index (χ1n) is 14.2. The summed E-state index contributed by atoms with van der Waals surface area (Å²) in [5.41, 5.74) is 7.38. The van der Waals surface area contributed by atoms with Crippen molar-refractivity contribution >= 4 is 23.8 Å². The summed E-state index contributed by atoms with van der Waals surface area (Å²) in [6.07, 6.45) is 5.03. The molecule has 39 heavy (non-hydrogen) atoms. The van der Waals surface area contributed by atoms with Crippen LogP contribution in [0, 0.1) is 19.8 Å². The number of ether oxygens (including phenoxy) is 1. The number of nitrogens with zero attached hydrogens (tertiary/aromatic N) is 1. The molecule has 2 aliphatic rings. The highest BCUT2D eigenvalue weighted by Gasteiger charge is 2.48. The van der Waals surface area contributed by atoms with Crippen LogP contribution >= 0.6 is 0 Å². The fourth-order valence-corrected chi connectivity index (χ4v) is 5.36. The Balaban J connectivity index is 2.01. The zero-order chi connectivity index (χ0) is 28.9. The molecule has 0 radical (unpaired) electrons. The highest BCUT2D eigenvalue weighted by Crippen LogP contribution is 2.42. The van der Waals surface area contributed by atoms with Crippen LogP contribution in [0.4, 0.5) is 4.79 Å². The van der Waals surface area contributed by atoms with Crippen LogP contribution in [0.3, 0.4) is 0 Å². The smallest absolute Gasteiger partial charge is 0.408 e. The van der Waals surface area contributed by atoms with Crippen LogP contribution in [0.1, 0.15) is 102 Å². The first kappa shape index (κ1) is 30.4. The molecule has 0 aromatic heterocycles. The molecule has 9 heteroatoms. The number of nitrogens with one attached hydrogen (secondary N) is 2. The number of carbonyl (C=O) groups is 4. The van der Waals surface area contributed by atoms with E-state index in [1.807, 2.05) is 39.0 Å². The molecule has 0 heterocycles. The van der Waals surface area contributed by atoms with Crippen molar-refractivity contribution in [1.82, 2.24) is 15.5 Å². The van der Waals surface area contributed by atoms with Gasteiger partial charge >= 0.3 is 6.09 Å². The quantitative estimate of drug-likeness (QED) is 0.408. The molecule has 2 fully saturated rings. The average molecular weight is 543 g/mol. The summed E-state index contributed by atoms with van der Waals surface area (Å²) in [5, 5.41) is 5.91. The molecular weight excluding hydrogens is 496 g/mol. The molecule has 1 aromatic carbocycles. The van der Waals surface area contributed by atoms with Crippen LogP contribution in [-0.2, 0) is 19.1 Å². The number of alkyl carbamates (subject to hydrolysis) is 1. The maximum atomic E-state index is 14.3. The van der Waals surface area contributed by atoms with E-state index in [2.05, 4.69) is 10.6 Å². The first-order chi connectivity index (χ1) is 18.3. The number of benzene rings is 1. The van der Waals surface area contributed by atoms with E-state index in [1.165, 1.54) is 0 Å². The van der Waals surface area contributed by atoms with Crippen LogP contribution in [-0.4, -0.2) is 52.4 Å². The Kier molecular flexibility index (Phi) is 10.0. The van der Waals surface area contributed by atoms with E-state index in [0.717, 1.165) is 55.2 Å². The van der Waals surface area contributed by atoms with Gasteiger partial charge in [0.05, 0.1) is 0 Å². The molecule has 0 spiro atoms. The Labute approximate surface area is 232 Å². The molecule has 0 aliphatic heterocycles. The summed E-state index contributed by atoms with van der Waals surface area (Å²) >= 11 is 0. The highest BCUT2D eigenvalue weighted by atomic mass is 16.6. The fourth-order valence-electron chi connectivity index (χ4n) is 5.36. The van der Waals surface area contributed by atoms with Crippen molar-refractivity contribution in [2.75, 3.05) is 0 Å². The monoisotopic (exact) mass is 542 g/mol. The molecule has 4 atom stereocenters. The minimum atomic E-state index is -1.07. The first-order valence-corrected chi connectivity index (χ1v) is 14.2. The fraction of sp³-hybridized carbons (Fsp3) is 0.667. The van der Waals surface area contributed by atoms with Crippen molar-refractivity contribution in [3.63, 3.8) is 0 Å². The third-order valence-electron chi connectivity index (χ3n) is 7.77. The van der Waals surface area contributed by atoms with Crippen molar-refractivity contribution in [2.24, 2.45) is 11.7 Å². The van der Waals surface area contributed by atoms with Gasteiger partial charge < -0.3 is 26.0 Å². The number of aryl methyl sites for hydroxylation is 1. The molecule has 0 saturated heterocycles. The SMILES string of the molecule is Cc1cccc(C(C(=O)NC2CCCCC2)N(C(=O)C(CCC(N)=O)NC(=O)OC(C)(C)C)C2CC2C)c1C. The van der Waals surface area contributed by atoms with Crippen LogP contribution in [0.25, 0.3) is 0 Å². The zero-order valence-electron chi connectivity index (χ0n) is 24.3. The highest BCUT2D eigenvalue weighted by molar-refractivity contribution is 5.93. The van der Waals surface area contributed by atoms with Crippen molar-refractivity contribution in [3.05, 3.63) is 34.9 Å². The molecule has 3 rings (SSSR count). The van der Waals surface area contributed by atoms with Gasteiger partial charge in [-0.05, 0) is 82.9 Å². The minimum absolute atomic E-state index is 0.00870. The van der Waals surface area contributed by atoms with Gasteiger partial charge in [-0.1, -0.05) is 44.4 Å². The standard InChI is InChI=1S/C30H46N4O5/c1-18-11-10-14-22(20(18)3)26(27(36)32-21-12-8-7-9-13-21)34(24-17-19(24)2)28(37)23(15-16-25(31)35)33-29(38)39-30(4,5)6/h10-11,14,19,21,23-24,26H,7-9,12-13,15-17H2,1-6H3,(H2,31,35)(H,32,36)(H,33,38). The average Bonchev–Trinajstić information content (AvgIpc) is 3.56. The molecule has 216 valence electrons. The van der Waals surface area contributed by atoms with E-state index in [0.29, 0.717) is 0 Å². The lowest BCUT2D eigenvalue weighted by Crippen LogP contribution is -2.55. The normalized spacial score (nSPS) is 20.9. The van der Waals surface area contributed by atoms with Gasteiger partial charge in [-0.15, -0.1) is 0 Å². The number of primary amides is 1. The molecule has 0 bridgehead atoms. The van der Waals surface area contributed by atoms with Crippen LogP contribution in [0.2, 0.25) is 0 Å². The molecule has 9 nitrogen and oxygen atoms in total. The largest absolute Gasteiger partial charge is 0.444 e. The molecule has 1 aromatic rings. The van der Waals surface area contributed by atoms with Crippen LogP contribution < -0.4 is 16.4 Å². The number of amides is 4. The summed E-state index contributed by atoms with van der Waals surface area (Å²) in [6.45, 7) is 11.2. The third kappa shape index (κ3) is 8.44. The number of hydrogen-bond donors (Lipinski definition) is 3. The Morgan fingerprint density at radius 3 is 2.31 bits per heavy atom. The molecule has 4 amide bonds. The van der Waals surface area contributed by atoms with Crippen LogP contribution in [0.5, 0.6) is 0 Å². The summed E-state index contributed by atoms with van der Waals surface area (Å²) in [5.74, 6) is -1.01. The third-order valence-corrected chi connectivity index (χ3v) is 7.77. The summed E-state index contributed by atoms with van der Waals surface area (Å²) < 4.78 is 5.41. The van der Waals surface area contributed by atoms with Gasteiger partial charge in [0.15, 0.2) is 0 Å². The summed E-state index contributed by atoms with van der Waals surface area (Å²) in [4.78, 5) is 54.4. The van der Waals surface area contributed by atoms with Gasteiger partial charge in [0, 0.05) is 18.5 Å². The predicted octanol–water partition coefficient (Wildman–Crippen LogP) is 4.19. The van der Waals surface area contributed by atoms with Gasteiger partial charge in [-0.2, -0.15) is 0 Å². The van der Waals surface area contributed by atoms with Gasteiger partial charge in [0.25, 0.3) is 0 Å². The number of hydrogen-bond acceptors (Lipinski definition) is 5. The van der Waals surface area contributed by atoms with Crippen molar-refractivity contribution in [1.29, 1.82) is 0 Å². The Morgan fingerprint density at radius 1 is 1.10 bits per heavy atom. The second-order valence-electron chi connectivity index (χ2n) is 12.3. The summed E-state index contributed by atoms with van der Waals surface area (Å²) in [6, 6.07) is 3.75. The van der Waals surface area contributed by atoms with Crippen molar-refractivity contribution in [2.45, 2.75) is 123 Å². The van der Waals surface area contributed by atoms with E-state index in [9.17, 15) is 19.2 Å². The van der Waals surface area contributed by atoms with Gasteiger partial charge in [0.1, 0.15) is 17.7 Å². The molecule has 4 N–H and O–H groups in total. The molecule has 2 saturated carbocycles. The summed E-state index contributed by atoms with van der Waals surface area (Å²) in [7, 11) is 0. The Hall–Kier alpha value is -3.10. The lowest BCUT2D eigenvalue weighted by molar-refractivity contribution is -0.144. The zero-order valence-corrected chi connectivity index (χ0v) is 24.3. The predicted molar refractivity (Wildman–Crippen MR) is 150 cm³/mol. The Morgan fingerprint density at radius 2 is 1.74 bits per heavy atom. The topological polar surface area (TPSA) is 131 Å². The van der Waals surface area contributed by atoms with Crippen molar-refractivity contribution < 1.29 is 23.9 Å². The molecular formula is C30H46N4O5.